The summed E-state index contributed by atoms with van der Waals surface area (Å²) in [5, 5.41) is 9.77. The van der Waals surface area contributed by atoms with Crippen LogP contribution in [0.2, 0.25) is 0 Å². The third kappa shape index (κ3) is 4.33. The van der Waals surface area contributed by atoms with Crippen LogP contribution in [0.3, 0.4) is 0 Å². The number of rotatable bonds is 7. The van der Waals surface area contributed by atoms with E-state index in [0.29, 0.717) is 22.4 Å². The van der Waals surface area contributed by atoms with Gasteiger partial charge in [0.05, 0.1) is 13.3 Å². The van der Waals surface area contributed by atoms with Gasteiger partial charge in [-0.05, 0) is 25.0 Å². The molecule has 0 spiro atoms. The van der Waals surface area contributed by atoms with E-state index in [1.165, 1.54) is 30.9 Å². The van der Waals surface area contributed by atoms with E-state index in [1.807, 2.05) is 49.4 Å². The number of aromatic nitrogens is 1. The Morgan fingerprint density at radius 2 is 1.77 bits per heavy atom. The Kier molecular flexibility index (Phi) is 6.16. The zero-order valence-corrected chi connectivity index (χ0v) is 17.1. The van der Waals surface area contributed by atoms with Crippen LogP contribution in [0.5, 0.6) is 5.75 Å². The maximum absolute atomic E-state index is 12.9. The quantitative estimate of drug-likeness (QED) is 0.603. The number of aliphatic carboxylic acids is 1. The summed E-state index contributed by atoms with van der Waals surface area (Å²) in [5.74, 6) is -0.929. The summed E-state index contributed by atoms with van der Waals surface area (Å²) in [6.45, 7) is 3.35. The Hall–Kier alpha value is -3.67. The molecule has 0 fully saturated rings. The van der Waals surface area contributed by atoms with Crippen LogP contribution in [0.15, 0.2) is 65.6 Å². The van der Waals surface area contributed by atoms with Crippen LogP contribution in [0.4, 0.5) is 0 Å². The van der Waals surface area contributed by atoms with Crippen LogP contribution in [0, 0.1) is 6.92 Å². The van der Waals surface area contributed by atoms with Gasteiger partial charge in [-0.1, -0.05) is 54.1 Å². The Morgan fingerprint density at radius 1 is 1.07 bits per heavy atom. The number of methoxy groups -OCH3 is 1. The fourth-order valence-electron chi connectivity index (χ4n) is 3.48. The number of pyridine rings is 1. The zero-order chi connectivity index (χ0) is 21.8. The second kappa shape index (κ2) is 8.78. The summed E-state index contributed by atoms with van der Waals surface area (Å²) < 4.78 is 6.65. The Labute approximate surface area is 174 Å². The number of carboxylic acids is 1. The molecule has 0 aliphatic rings. The minimum absolute atomic E-state index is 0.135. The first-order valence-corrected chi connectivity index (χ1v) is 9.50. The smallest absolute Gasteiger partial charge is 0.327 e. The van der Waals surface area contributed by atoms with E-state index < -0.39 is 17.6 Å². The molecular weight excluding hydrogens is 382 g/mol. The Morgan fingerprint density at radius 3 is 2.37 bits per heavy atom. The van der Waals surface area contributed by atoms with Gasteiger partial charge in [0.15, 0.2) is 5.78 Å². The Balaban J connectivity index is 2.15. The second-order valence-electron chi connectivity index (χ2n) is 7.15. The second-order valence-corrected chi connectivity index (χ2v) is 7.15. The number of ketones is 1. The van der Waals surface area contributed by atoms with Crippen molar-refractivity contribution in [2.75, 3.05) is 7.11 Å². The van der Waals surface area contributed by atoms with Crippen LogP contribution in [-0.2, 0) is 11.2 Å². The molecular formula is C24H23NO5. The molecule has 6 nitrogen and oxygen atoms in total. The molecule has 1 atom stereocenters. The maximum Gasteiger partial charge on any atom is 0.327 e. The molecule has 1 heterocycles. The molecule has 0 aliphatic carbocycles. The molecule has 2 aromatic carbocycles. The van der Waals surface area contributed by atoms with Gasteiger partial charge in [0.25, 0.3) is 5.56 Å². The van der Waals surface area contributed by atoms with E-state index in [-0.39, 0.29) is 12.2 Å². The number of nitrogens with zero attached hydrogens (tertiary/aromatic N) is 1. The largest absolute Gasteiger partial charge is 0.495 e. The molecule has 30 heavy (non-hydrogen) atoms. The fraction of sp³-hybridized carbons (Fsp3) is 0.208. The molecule has 3 aromatic rings. The SMILES string of the molecule is COc1cn(C(Cc2ccccc2)C(=O)O)c(=O)cc1-c1cc(C)ccc1C(C)=O. The van der Waals surface area contributed by atoms with Gasteiger partial charge in [0.2, 0.25) is 0 Å². The van der Waals surface area contributed by atoms with Crippen molar-refractivity contribution in [3.05, 3.63) is 87.8 Å². The summed E-state index contributed by atoms with van der Waals surface area (Å²) in [6, 6.07) is 14.7. The van der Waals surface area contributed by atoms with E-state index in [2.05, 4.69) is 0 Å². The van der Waals surface area contributed by atoms with Crippen molar-refractivity contribution in [2.24, 2.45) is 0 Å². The van der Waals surface area contributed by atoms with Crippen molar-refractivity contribution in [1.29, 1.82) is 0 Å². The Bertz CT molecular complexity index is 1150. The highest BCUT2D eigenvalue weighted by atomic mass is 16.5. The van der Waals surface area contributed by atoms with Crippen molar-refractivity contribution in [2.45, 2.75) is 26.3 Å². The normalized spacial score (nSPS) is 11.7. The molecule has 0 bridgehead atoms. The fourth-order valence-corrected chi connectivity index (χ4v) is 3.48. The lowest BCUT2D eigenvalue weighted by atomic mass is 9.95. The molecule has 1 N–H and O–H groups in total. The molecule has 1 aromatic heterocycles. The van der Waals surface area contributed by atoms with Gasteiger partial charge in [-0.2, -0.15) is 0 Å². The van der Waals surface area contributed by atoms with Crippen molar-refractivity contribution >= 4 is 11.8 Å². The van der Waals surface area contributed by atoms with Gasteiger partial charge in [-0.25, -0.2) is 4.79 Å². The number of carbonyl (C=O) groups is 2. The maximum atomic E-state index is 12.9. The van der Waals surface area contributed by atoms with Crippen molar-refractivity contribution < 1.29 is 19.4 Å². The van der Waals surface area contributed by atoms with E-state index >= 15 is 0 Å². The lowest BCUT2D eigenvalue weighted by Crippen LogP contribution is -2.31. The topological polar surface area (TPSA) is 85.6 Å². The zero-order valence-electron chi connectivity index (χ0n) is 17.1. The molecule has 154 valence electrons. The van der Waals surface area contributed by atoms with Crippen LogP contribution in [0.25, 0.3) is 11.1 Å². The molecule has 6 heteroatoms. The van der Waals surface area contributed by atoms with E-state index in [4.69, 9.17) is 4.74 Å². The first-order chi connectivity index (χ1) is 14.3. The number of aryl methyl sites for hydroxylation is 1. The predicted octanol–water partition coefficient (Wildman–Crippen LogP) is 3.90. The standard InChI is InChI=1S/C24H23NO5/c1-15-9-10-18(16(2)26)19(11-15)20-13-23(27)25(14-22(20)30-3)21(24(28)29)12-17-7-5-4-6-8-17/h4-11,13-14,21H,12H2,1-3H3,(H,28,29). The van der Waals surface area contributed by atoms with Gasteiger partial charge in [-0.15, -0.1) is 0 Å². The first-order valence-electron chi connectivity index (χ1n) is 9.50. The third-order valence-corrected chi connectivity index (χ3v) is 5.00. The molecule has 0 saturated carbocycles. The molecule has 0 aliphatic heterocycles. The molecule has 0 saturated heterocycles. The number of ether oxygens (including phenoxy) is 1. The van der Waals surface area contributed by atoms with Crippen molar-refractivity contribution in [3.8, 4) is 16.9 Å². The predicted molar refractivity (Wildman–Crippen MR) is 114 cm³/mol. The van der Waals surface area contributed by atoms with Gasteiger partial charge >= 0.3 is 5.97 Å². The highest BCUT2D eigenvalue weighted by molar-refractivity contribution is 6.01. The summed E-state index contributed by atoms with van der Waals surface area (Å²) in [6.07, 6.45) is 1.56. The monoisotopic (exact) mass is 405 g/mol. The van der Waals surface area contributed by atoms with E-state index in [0.717, 1.165) is 11.1 Å². The van der Waals surface area contributed by atoms with E-state index in [1.54, 1.807) is 6.07 Å². The van der Waals surface area contributed by atoms with Crippen molar-refractivity contribution in [1.82, 2.24) is 4.57 Å². The molecule has 1 unspecified atom stereocenters. The molecule has 0 radical (unpaired) electrons. The summed E-state index contributed by atoms with van der Waals surface area (Å²) in [5.41, 5.74) is 2.75. The van der Waals surface area contributed by atoms with Gasteiger partial charge < -0.3 is 9.84 Å². The highest BCUT2D eigenvalue weighted by Gasteiger charge is 2.24. The number of Topliss-reactive ketones (excluding diaryl/α,β-unsaturated/α-hetero) is 1. The van der Waals surface area contributed by atoms with Crippen LogP contribution >= 0.6 is 0 Å². The number of carboxylic acid groups (broad SMARTS) is 1. The average Bonchev–Trinajstić information content (AvgIpc) is 2.72. The van der Waals surface area contributed by atoms with Gasteiger partial charge in [0, 0.05) is 23.6 Å². The first kappa shape index (κ1) is 21.0. The lowest BCUT2D eigenvalue weighted by Gasteiger charge is -2.19. The summed E-state index contributed by atoms with van der Waals surface area (Å²) >= 11 is 0. The minimum Gasteiger partial charge on any atom is -0.495 e. The van der Waals surface area contributed by atoms with Crippen molar-refractivity contribution in [3.63, 3.8) is 0 Å². The molecule has 3 rings (SSSR count). The van der Waals surface area contributed by atoms with Crippen LogP contribution in [-0.4, -0.2) is 28.5 Å². The minimum atomic E-state index is -1.12. The number of hydrogen-bond acceptors (Lipinski definition) is 4. The average molecular weight is 405 g/mol. The number of carbonyl (C=O) groups excluding carboxylic acids is 1. The summed E-state index contributed by atoms with van der Waals surface area (Å²) in [7, 11) is 1.45. The summed E-state index contributed by atoms with van der Waals surface area (Å²) in [4.78, 5) is 37.0. The number of hydrogen-bond donors (Lipinski definition) is 1. The van der Waals surface area contributed by atoms with Crippen LogP contribution in [0.1, 0.15) is 34.5 Å². The van der Waals surface area contributed by atoms with Gasteiger partial charge in [-0.3, -0.25) is 14.2 Å². The highest BCUT2D eigenvalue weighted by Crippen LogP contribution is 2.33. The van der Waals surface area contributed by atoms with Crippen LogP contribution < -0.4 is 10.3 Å². The molecule has 0 amide bonds. The van der Waals surface area contributed by atoms with E-state index in [9.17, 15) is 19.5 Å². The lowest BCUT2D eigenvalue weighted by molar-refractivity contribution is -0.141. The number of benzene rings is 2. The third-order valence-electron chi connectivity index (χ3n) is 5.00. The van der Waals surface area contributed by atoms with Gasteiger partial charge in [0.1, 0.15) is 11.8 Å².